The van der Waals surface area contributed by atoms with Crippen LogP contribution < -0.4 is 0 Å². The summed E-state index contributed by atoms with van der Waals surface area (Å²) in [5.41, 5.74) is 0.643. The lowest BCUT2D eigenvalue weighted by Gasteiger charge is -2.37. The quantitative estimate of drug-likeness (QED) is 0.786. The lowest BCUT2D eigenvalue weighted by Crippen LogP contribution is -2.51. The van der Waals surface area contributed by atoms with Gasteiger partial charge in [0.05, 0.1) is 25.3 Å². The van der Waals surface area contributed by atoms with Gasteiger partial charge in [-0.3, -0.25) is 19.5 Å². The van der Waals surface area contributed by atoms with Crippen LogP contribution in [0.5, 0.6) is 0 Å². The average Bonchev–Trinajstić information content (AvgIpc) is 3.00. The minimum absolute atomic E-state index is 0.0522. The van der Waals surface area contributed by atoms with Gasteiger partial charge in [0.15, 0.2) is 0 Å². The standard InChI is InChI=1S/C19H26N4O3/c24-18(21-6-8-26-9-7-21)14-22-11-15-3-4-17(22)13-23(12-15)19(25)16-2-1-5-20-10-16/h1-2,5,10,15,17H,3-4,6-9,11-14H2/t15-,17-/m1/s1. The van der Waals surface area contributed by atoms with Gasteiger partial charge in [-0.1, -0.05) is 0 Å². The SMILES string of the molecule is O=C(CN1C[C@H]2CC[C@@H]1CN(C(=O)c1cccnc1)C2)N1CCOCC1. The largest absolute Gasteiger partial charge is 0.378 e. The van der Waals surface area contributed by atoms with E-state index < -0.39 is 0 Å². The number of rotatable bonds is 3. The second kappa shape index (κ2) is 7.72. The molecule has 4 aliphatic heterocycles. The van der Waals surface area contributed by atoms with Gasteiger partial charge in [0.2, 0.25) is 5.91 Å². The first kappa shape index (κ1) is 17.4. The molecule has 0 aliphatic carbocycles. The Hall–Kier alpha value is -1.99. The van der Waals surface area contributed by atoms with Crippen LogP contribution in [0.4, 0.5) is 0 Å². The van der Waals surface area contributed by atoms with E-state index in [1.807, 2.05) is 15.9 Å². The number of aromatic nitrogens is 1. The Morgan fingerprint density at radius 1 is 1.12 bits per heavy atom. The van der Waals surface area contributed by atoms with Crippen molar-refractivity contribution in [3.63, 3.8) is 0 Å². The predicted octanol–water partition coefficient (Wildman–Crippen LogP) is 0.477. The second-order valence-electron chi connectivity index (χ2n) is 7.47. The van der Waals surface area contributed by atoms with Crippen molar-refractivity contribution in [2.24, 2.45) is 5.92 Å². The van der Waals surface area contributed by atoms with E-state index in [2.05, 4.69) is 9.88 Å². The summed E-state index contributed by atoms with van der Waals surface area (Å²) >= 11 is 0. The molecule has 5 heterocycles. The number of carbonyl (C=O) groups excluding carboxylic acids is 2. The summed E-state index contributed by atoms with van der Waals surface area (Å²) in [6, 6.07) is 3.88. The van der Waals surface area contributed by atoms with Crippen LogP contribution in [0.2, 0.25) is 0 Å². The van der Waals surface area contributed by atoms with Gasteiger partial charge in [0.1, 0.15) is 0 Å². The van der Waals surface area contributed by atoms with Crippen LogP contribution >= 0.6 is 0 Å². The Bertz CT molecular complexity index is 647. The van der Waals surface area contributed by atoms with Crippen LogP contribution in [0.3, 0.4) is 0 Å². The molecule has 2 amide bonds. The van der Waals surface area contributed by atoms with Crippen molar-refractivity contribution in [2.75, 3.05) is 52.5 Å². The van der Waals surface area contributed by atoms with Gasteiger partial charge in [-0.2, -0.15) is 0 Å². The van der Waals surface area contributed by atoms with Gasteiger partial charge >= 0.3 is 0 Å². The first-order valence-corrected chi connectivity index (χ1v) is 9.49. The average molecular weight is 358 g/mol. The van der Waals surface area contributed by atoms with E-state index in [-0.39, 0.29) is 17.9 Å². The maximum atomic E-state index is 12.8. The minimum Gasteiger partial charge on any atom is -0.378 e. The summed E-state index contributed by atoms with van der Waals surface area (Å²) in [5, 5.41) is 0. The van der Waals surface area contributed by atoms with Gasteiger partial charge in [-0.15, -0.1) is 0 Å². The molecule has 0 radical (unpaired) electrons. The first-order chi connectivity index (χ1) is 12.7. The molecule has 0 unspecified atom stereocenters. The molecule has 5 rings (SSSR count). The number of amides is 2. The van der Waals surface area contributed by atoms with Crippen LogP contribution in [-0.4, -0.2) is 90.0 Å². The summed E-state index contributed by atoms with van der Waals surface area (Å²) in [7, 11) is 0. The van der Waals surface area contributed by atoms with Gasteiger partial charge in [0.25, 0.3) is 5.91 Å². The van der Waals surface area contributed by atoms with Crippen LogP contribution in [0, 0.1) is 5.92 Å². The highest BCUT2D eigenvalue weighted by atomic mass is 16.5. The molecule has 140 valence electrons. The van der Waals surface area contributed by atoms with E-state index in [9.17, 15) is 9.59 Å². The zero-order valence-corrected chi connectivity index (χ0v) is 15.0. The van der Waals surface area contributed by atoms with Crippen molar-refractivity contribution >= 4 is 11.8 Å². The zero-order valence-electron chi connectivity index (χ0n) is 15.0. The molecule has 0 spiro atoms. The lowest BCUT2D eigenvalue weighted by molar-refractivity contribution is -0.137. The third kappa shape index (κ3) is 3.73. The molecular formula is C19H26N4O3. The number of piperidine rings is 1. The minimum atomic E-state index is 0.0522. The summed E-state index contributed by atoms with van der Waals surface area (Å²) < 4.78 is 5.33. The number of hydrogen-bond acceptors (Lipinski definition) is 5. The Morgan fingerprint density at radius 2 is 1.96 bits per heavy atom. The third-order valence-corrected chi connectivity index (χ3v) is 5.72. The smallest absolute Gasteiger partial charge is 0.255 e. The molecule has 1 aromatic rings. The van der Waals surface area contributed by atoms with Crippen LogP contribution in [0.1, 0.15) is 23.2 Å². The fourth-order valence-electron chi connectivity index (χ4n) is 4.30. The summed E-state index contributed by atoms with van der Waals surface area (Å²) in [6.07, 6.45) is 5.50. The van der Waals surface area contributed by atoms with Crippen molar-refractivity contribution in [3.8, 4) is 0 Å². The molecule has 7 heteroatoms. The van der Waals surface area contributed by atoms with E-state index in [1.165, 1.54) is 0 Å². The summed E-state index contributed by atoms with van der Waals surface area (Å²) in [6.45, 7) is 5.45. The third-order valence-electron chi connectivity index (χ3n) is 5.72. The van der Waals surface area contributed by atoms with Gasteiger partial charge in [-0.25, -0.2) is 0 Å². The fraction of sp³-hybridized carbons (Fsp3) is 0.632. The van der Waals surface area contributed by atoms with Gasteiger partial charge < -0.3 is 14.5 Å². The molecule has 7 nitrogen and oxygen atoms in total. The van der Waals surface area contributed by atoms with Crippen molar-refractivity contribution in [1.82, 2.24) is 19.7 Å². The number of pyridine rings is 1. The highest BCUT2D eigenvalue weighted by molar-refractivity contribution is 5.94. The highest BCUT2D eigenvalue weighted by Crippen LogP contribution is 2.28. The normalized spacial score (nSPS) is 26.6. The Morgan fingerprint density at radius 3 is 2.73 bits per heavy atom. The Balaban J connectivity index is 1.41. The number of nitrogens with zero attached hydrogens (tertiary/aromatic N) is 4. The van der Waals surface area contributed by atoms with Gasteiger partial charge in [0, 0.05) is 51.2 Å². The molecule has 1 aromatic heterocycles. The van der Waals surface area contributed by atoms with E-state index >= 15 is 0 Å². The molecule has 0 saturated carbocycles. The van der Waals surface area contributed by atoms with Crippen molar-refractivity contribution in [1.29, 1.82) is 0 Å². The monoisotopic (exact) mass is 358 g/mol. The number of fused-ring (bicyclic) bond motifs is 4. The predicted molar refractivity (Wildman–Crippen MR) is 95.6 cm³/mol. The number of morpholine rings is 1. The first-order valence-electron chi connectivity index (χ1n) is 9.49. The molecule has 2 bridgehead atoms. The van der Waals surface area contributed by atoms with E-state index in [1.54, 1.807) is 18.5 Å². The summed E-state index contributed by atoms with van der Waals surface area (Å²) in [4.78, 5) is 35.7. The van der Waals surface area contributed by atoms with E-state index in [4.69, 9.17) is 4.74 Å². The van der Waals surface area contributed by atoms with E-state index in [0.29, 0.717) is 50.9 Å². The Kier molecular flexibility index (Phi) is 5.17. The maximum absolute atomic E-state index is 12.8. The highest BCUT2D eigenvalue weighted by Gasteiger charge is 2.37. The molecule has 2 atom stereocenters. The zero-order chi connectivity index (χ0) is 17.9. The number of carbonyl (C=O) groups is 2. The molecule has 26 heavy (non-hydrogen) atoms. The number of ether oxygens (including phenoxy) is 1. The molecule has 0 aromatic carbocycles. The fourth-order valence-corrected chi connectivity index (χ4v) is 4.30. The second-order valence-corrected chi connectivity index (χ2v) is 7.47. The van der Waals surface area contributed by atoms with Crippen LogP contribution in [-0.2, 0) is 9.53 Å². The van der Waals surface area contributed by atoms with E-state index in [0.717, 1.165) is 25.9 Å². The Labute approximate surface area is 153 Å². The summed E-state index contributed by atoms with van der Waals surface area (Å²) in [5.74, 6) is 0.675. The van der Waals surface area contributed by atoms with Crippen molar-refractivity contribution in [3.05, 3.63) is 30.1 Å². The molecule has 0 N–H and O–H groups in total. The molecular weight excluding hydrogens is 332 g/mol. The van der Waals surface area contributed by atoms with Gasteiger partial charge in [-0.05, 0) is 30.9 Å². The number of hydrogen-bond donors (Lipinski definition) is 0. The van der Waals surface area contributed by atoms with Crippen molar-refractivity contribution < 1.29 is 14.3 Å². The molecule has 4 saturated heterocycles. The maximum Gasteiger partial charge on any atom is 0.255 e. The lowest BCUT2D eigenvalue weighted by atomic mass is 9.95. The topological polar surface area (TPSA) is 66.0 Å². The van der Waals surface area contributed by atoms with Crippen LogP contribution in [0.15, 0.2) is 24.5 Å². The molecule has 4 aliphatic rings. The van der Waals surface area contributed by atoms with Crippen molar-refractivity contribution in [2.45, 2.75) is 18.9 Å². The molecule has 4 fully saturated rings. The van der Waals surface area contributed by atoms with Crippen LogP contribution in [0.25, 0.3) is 0 Å².